The van der Waals surface area contributed by atoms with Gasteiger partial charge in [-0.25, -0.2) is 9.97 Å². The molecule has 1 N–H and O–H groups in total. The van der Waals surface area contributed by atoms with E-state index < -0.39 is 0 Å². The zero-order valence-electron chi connectivity index (χ0n) is 14.1. The normalized spacial score (nSPS) is 17.7. The third-order valence-electron chi connectivity index (χ3n) is 4.27. The van der Waals surface area contributed by atoms with Crippen molar-refractivity contribution < 1.29 is 4.79 Å². The average Bonchev–Trinajstić information content (AvgIpc) is 3.06. The monoisotopic (exact) mass is 328 g/mol. The van der Waals surface area contributed by atoms with E-state index in [-0.39, 0.29) is 5.91 Å². The SMILES string of the molecule is Cc1cnn([C@@H]2CCCN(C(=O)CCCNc3ncccn3)C2)c1. The number of anilines is 1. The van der Waals surface area contributed by atoms with Gasteiger partial charge in [0.05, 0.1) is 12.2 Å². The number of carbonyl (C=O) groups is 1. The smallest absolute Gasteiger partial charge is 0.222 e. The second-order valence-corrected chi connectivity index (χ2v) is 6.24. The van der Waals surface area contributed by atoms with Crippen molar-refractivity contribution in [3.8, 4) is 0 Å². The summed E-state index contributed by atoms with van der Waals surface area (Å²) in [6.07, 6.45) is 10.8. The van der Waals surface area contributed by atoms with Crippen molar-refractivity contribution in [2.45, 2.75) is 38.6 Å². The third kappa shape index (κ3) is 4.31. The molecular weight excluding hydrogens is 304 g/mol. The Balaban J connectivity index is 1.43. The highest BCUT2D eigenvalue weighted by atomic mass is 16.2. The van der Waals surface area contributed by atoms with Crippen LogP contribution >= 0.6 is 0 Å². The van der Waals surface area contributed by atoms with E-state index in [0.29, 0.717) is 25.0 Å². The summed E-state index contributed by atoms with van der Waals surface area (Å²) >= 11 is 0. The van der Waals surface area contributed by atoms with E-state index >= 15 is 0 Å². The Bertz CT molecular complexity index is 656. The van der Waals surface area contributed by atoms with Gasteiger partial charge in [0, 0.05) is 44.6 Å². The van der Waals surface area contributed by atoms with Crippen LogP contribution in [0, 0.1) is 6.92 Å². The van der Waals surface area contributed by atoms with Gasteiger partial charge in [-0.05, 0) is 37.8 Å². The minimum atomic E-state index is 0.222. The molecule has 1 fully saturated rings. The second kappa shape index (κ2) is 7.90. The number of hydrogen-bond acceptors (Lipinski definition) is 5. The molecule has 0 radical (unpaired) electrons. The number of aromatic nitrogens is 4. The fourth-order valence-corrected chi connectivity index (χ4v) is 3.02. The molecule has 1 atom stereocenters. The molecule has 0 spiro atoms. The first-order chi connectivity index (χ1) is 11.7. The quantitative estimate of drug-likeness (QED) is 0.821. The summed E-state index contributed by atoms with van der Waals surface area (Å²) in [4.78, 5) is 22.6. The molecule has 2 aromatic heterocycles. The zero-order chi connectivity index (χ0) is 16.8. The first-order valence-corrected chi connectivity index (χ1v) is 8.52. The molecule has 1 aliphatic rings. The number of carbonyl (C=O) groups excluding carboxylic acids is 1. The lowest BCUT2D eigenvalue weighted by molar-refractivity contribution is -0.132. The fourth-order valence-electron chi connectivity index (χ4n) is 3.02. The van der Waals surface area contributed by atoms with Gasteiger partial charge < -0.3 is 10.2 Å². The number of nitrogens with one attached hydrogen (secondary N) is 1. The van der Waals surface area contributed by atoms with E-state index in [9.17, 15) is 4.79 Å². The zero-order valence-corrected chi connectivity index (χ0v) is 14.1. The Hall–Kier alpha value is -2.44. The molecule has 2 aromatic rings. The summed E-state index contributed by atoms with van der Waals surface area (Å²) in [5.74, 6) is 0.830. The standard InChI is InChI=1S/C17H24N6O/c1-14-11-21-23(12-14)15-5-3-10-22(13-15)16(24)6-2-7-18-17-19-8-4-9-20-17/h4,8-9,11-12,15H,2-3,5-7,10,13H2,1H3,(H,18,19,20)/t15-/m1/s1. The Morgan fingerprint density at radius 3 is 2.96 bits per heavy atom. The van der Waals surface area contributed by atoms with Gasteiger partial charge in [-0.2, -0.15) is 5.10 Å². The number of hydrogen-bond donors (Lipinski definition) is 1. The number of aryl methyl sites for hydroxylation is 1. The lowest BCUT2D eigenvalue weighted by Crippen LogP contribution is -2.40. The van der Waals surface area contributed by atoms with Crippen molar-refractivity contribution in [2.75, 3.05) is 25.0 Å². The highest BCUT2D eigenvalue weighted by Crippen LogP contribution is 2.21. The molecule has 0 unspecified atom stereocenters. The van der Waals surface area contributed by atoms with Gasteiger partial charge in [-0.1, -0.05) is 0 Å². The van der Waals surface area contributed by atoms with Gasteiger partial charge >= 0.3 is 0 Å². The molecule has 0 bridgehead atoms. The molecule has 7 heteroatoms. The van der Waals surface area contributed by atoms with Crippen LogP contribution in [0.15, 0.2) is 30.9 Å². The molecule has 7 nitrogen and oxygen atoms in total. The minimum absolute atomic E-state index is 0.222. The van der Waals surface area contributed by atoms with Gasteiger partial charge in [-0.15, -0.1) is 0 Å². The second-order valence-electron chi connectivity index (χ2n) is 6.24. The maximum Gasteiger partial charge on any atom is 0.222 e. The molecule has 128 valence electrons. The maximum absolute atomic E-state index is 12.4. The topological polar surface area (TPSA) is 75.9 Å². The van der Waals surface area contributed by atoms with Gasteiger partial charge in [0.2, 0.25) is 11.9 Å². The largest absolute Gasteiger partial charge is 0.354 e. The first kappa shape index (κ1) is 16.4. The van der Waals surface area contributed by atoms with Crippen LogP contribution in [0.25, 0.3) is 0 Å². The number of amides is 1. The number of likely N-dealkylation sites (tertiary alicyclic amines) is 1. The average molecular weight is 328 g/mol. The Morgan fingerprint density at radius 1 is 1.38 bits per heavy atom. The summed E-state index contributed by atoms with van der Waals surface area (Å²) in [6.45, 7) is 4.35. The summed E-state index contributed by atoms with van der Waals surface area (Å²) in [6, 6.07) is 2.08. The van der Waals surface area contributed by atoms with Crippen molar-refractivity contribution in [3.05, 3.63) is 36.4 Å². The van der Waals surface area contributed by atoms with E-state index in [1.54, 1.807) is 18.5 Å². The Morgan fingerprint density at radius 2 is 2.21 bits per heavy atom. The molecule has 0 aromatic carbocycles. The number of piperidine rings is 1. The van der Waals surface area contributed by atoms with E-state index in [0.717, 1.165) is 37.9 Å². The van der Waals surface area contributed by atoms with Crippen molar-refractivity contribution in [2.24, 2.45) is 0 Å². The predicted octanol–water partition coefficient (Wildman–Crippen LogP) is 2.04. The summed E-state index contributed by atoms with van der Waals surface area (Å²) < 4.78 is 2.00. The van der Waals surface area contributed by atoms with Crippen LogP contribution < -0.4 is 5.32 Å². The molecule has 1 aliphatic heterocycles. The summed E-state index contributed by atoms with van der Waals surface area (Å²) in [5, 5.41) is 7.53. The van der Waals surface area contributed by atoms with Crippen LogP contribution in [-0.2, 0) is 4.79 Å². The Labute approximate surface area is 142 Å². The van der Waals surface area contributed by atoms with Crippen LogP contribution in [0.5, 0.6) is 0 Å². The molecule has 3 heterocycles. The van der Waals surface area contributed by atoms with Gasteiger partial charge in [0.1, 0.15) is 0 Å². The van der Waals surface area contributed by atoms with E-state index in [1.807, 2.05) is 22.7 Å². The molecular formula is C17H24N6O. The highest BCUT2D eigenvalue weighted by Gasteiger charge is 2.24. The predicted molar refractivity (Wildman–Crippen MR) is 91.6 cm³/mol. The molecule has 0 aliphatic carbocycles. The molecule has 1 amide bonds. The van der Waals surface area contributed by atoms with Crippen molar-refractivity contribution in [3.63, 3.8) is 0 Å². The van der Waals surface area contributed by atoms with Crippen LogP contribution in [-0.4, -0.2) is 50.2 Å². The van der Waals surface area contributed by atoms with E-state index in [1.165, 1.54) is 0 Å². The Kier molecular flexibility index (Phi) is 5.40. The van der Waals surface area contributed by atoms with Crippen LogP contribution in [0.4, 0.5) is 5.95 Å². The lowest BCUT2D eigenvalue weighted by atomic mass is 10.1. The van der Waals surface area contributed by atoms with Gasteiger partial charge in [0.25, 0.3) is 0 Å². The minimum Gasteiger partial charge on any atom is -0.354 e. The van der Waals surface area contributed by atoms with Crippen molar-refractivity contribution in [1.29, 1.82) is 0 Å². The number of nitrogens with zero attached hydrogens (tertiary/aromatic N) is 5. The molecule has 1 saturated heterocycles. The molecule has 24 heavy (non-hydrogen) atoms. The third-order valence-corrected chi connectivity index (χ3v) is 4.27. The van der Waals surface area contributed by atoms with E-state index in [2.05, 4.69) is 26.6 Å². The fraction of sp³-hybridized carbons (Fsp3) is 0.529. The van der Waals surface area contributed by atoms with Crippen LogP contribution in [0.3, 0.4) is 0 Å². The van der Waals surface area contributed by atoms with Crippen LogP contribution in [0.1, 0.15) is 37.3 Å². The summed E-state index contributed by atoms with van der Waals surface area (Å²) in [5.41, 5.74) is 1.16. The molecule has 3 rings (SSSR count). The lowest BCUT2D eigenvalue weighted by Gasteiger charge is -2.33. The highest BCUT2D eigenvalue weighted by molar-refractivity contribution is 5.76. The van der Waals surface area contributed by atoms with Gasteiger partial charge in [-0.3, -0.25) is 9.48 Å². The first-order valence-electron chi connectivity index (χ1n) is 8.52. The van der Waals surface area contributed by atoms with E-state index in [4.69, 9.17) is 0 Å². The van der Waals surface area contributed by atoms with Crippen LogP contribution in [0.2, 0.25) is 0 Å². The van der Waals surface area contributed by atoms with Crippen molar-refractivity contribution in [1.82, 2.24) is 24.6 Å². The number of rotatable bonds is 6. The maximum atomic E-state index is 12.4. The van der Waals surface area contributed by atoms with Crippen molar-refractivity contribution >= 4 is 11.9 Å². The molecule has 0 saturated carbocycles. The summed E-state index contributed by atoms with van der Waals surface area (Å²) in [7, 11) is 0. The van der Waals surface area contributed by atoms with Gasteiger partial charge in [0.15, 0.2) is 0 Å².